The van der Waals surface area contributed by atoms with Gasteiger partial charge in [-0.25, -0.2) is 8.42 Å². The largest absolute Gasteiger partial charge is 0.214 e. The number of hydrogen-bond acceptors (Lipinski definition) is 2. The SMILES string of the molecule is CCCS(=O)(=O)N(CC(C)C)C1CCCC1. The van der Waals surface area contributed by atoms with Gasteiger partial charge in [0.25, 0.3) is 0 Å². The van der Waals surface area contributed by atoms with E-state index >= 15 is 0 Å². The summed E-state index contributed by atoms with van der Waals surface area (Å²) in [5, 5.41) is 0. The van der Waals surface area contributed by atoms with Crippen molar-refractivity contribution in [2.75, 3.05) is 12.3 Å². The van der Waals surface area contributed by atoms with E-state index in [1.165, 1.54) is 12.8 Å². The van der Waals surface area contributed by atoms with Gasteiger partial charge in [0.2, 0.25) is 10.0 Å². The standard InChI is InChI=1S/C12H25NO2S/c1-4-9-16(14,15)13(10-11(2)3)12-7-5-6-8-12/h11-12H,4-10H2,1-3H3. The molecule has 96 valence electrons. The van der Waals surface area contributed by atoms with E-state index in [1.807, 2.05) is 6.92 Å². The first-order valence-corrected chi connectivity index (χ1v) is 8.07. The molecule has 1 saturated carbocycles. The minimum atomic E-state index is -3.02. The Morgan fingerprint density at radius 2 is 1.81 bits per heavy atom. The Morgan fingerprint density at radius 1 is 1.25 bits per heavy atom. The quantitative estimate of drug-likeness (QED) is 0.723. The van der Waals surface area contributed by atoms with Crippen LogP contribution in [-0.2, 0) is 10.0 Å². The number of rotatable bonds is 6. The van der Waals surface area contributed by atoms with Crippen LogP contribution >= 0.6 is 0 Å². The van der Waals surface area contributed by atoms with Crippen LogP contribution in [0.25, 0.3) is 0 Å². The molecule has 4 heteroatoms. The van der Waals surface area contributed by atoms with Gasteiger partial charge in [-0.1, -0.05) is 33.6 Å². The second-order valence-electron chi connectivity index (χ2n) is 5.22. The Hall–Kier alpha value is -0.0900. The highest BCUT2D eigenvalue weighted by Crippen LogP contribution is 2.26. The molecule has 0 aliphatic heterocycles. The van der Waals surface area contributed by atoms with E-state index in [0.717, 1.165) is 12.8 Å². The molecule has 0 radical (unpaired) electrons. The molecule has 3 nitrogen and oxygen atoms in total. The fraction of sp³-hybridized carbons (Fsp3) is 1.00. The van der Waals surface area contributed by atoms with Gasteiger partial charge < -0.3 is 0 Å². The minimum absolute atomic E-state index is 0.277. The molecule has 1 aliphatic carbocycles. The molecule has 1 rings (SSSR count). The average molecular weight is 247 g/mol. The second kappa shape index (κ2) is 6.01. The van der Waals surface area contributed by atoms with Crippen molar-refractivity contribution in [1.29, 1.82) is 0 Å². The second-order valence-corrected chi connectivity index (χ2v) is 7.26. The maximum Gasteiger partial charge on any atom is 0.214 e. The molecule has 0 spiro atoms. The smallest absolute Gasteiger partial charge is 0.212 e. The molecule has 1 fully saturated rings. The first-order chi connectivity index (χ1) is 7.47. The van der Waals surface area contributed by atoms with E-state index in [0.29, 0.717) is 24.6 Å². The van der Waals surface area contributed by atoms with Crippen LogP contribution < -0.4 is 0 Å². The third-order valence-electron chi connectivity index (χ3n) is 3.10. The van der Waals surface area contributed by atoms with Crippen molar-refractivity contribution < 1.29 is 8.42 Å². The summed E-state index contributed by atoms with van der Waals surface area (Å²) in [5.41, 5.74) is 0. The highest BCUT2D eigenvalue weighted by molar-refractivity contribution is 7.89. The monoisotopic (exact) mass is 247 g/mol. The molecule has 0 N–H and O–H groups in total. The van der Waals surface area contributed by atoms with E-state index in [1.54, 1.807) is 4.31 Å². The van der Waals surface area contributed by atoms with Gasteiger partial charge in [0, 0.05) is 12.6 Å². The van der Waals surface area contributed by atoms with Crippen LogP contribution in [0.5, 0.6) is 0 Å². The summed E-state index contributed by atoms with van der Waals surface area (Å²) in [4.78, 5) is 0. The summed E-state index contributed by atoms with van der Waals surface area (Å²) < 4.78 is 26.1. The Bertz CT molecular complexity index is 292. The summed E-state index contributed by atoms with van der Waals surface area (Å²) >= 11 is 0. The Labute approximate surface area is 100 Å². The highest BCUT2D eigenvalue weighted by Gasteiger charge is 2.31. The summed E-state index contributed by atoms with van der Waals surface area (Å²) in [7, 11) is -3.02. The van der Waals surface area contributed by atoms with Gasteiger partial charge in [-0.2, -0.15) is 4.31 Å². The van der Waals surface area contributed by atoms with Gasteiger partial charge in [-0.05, 0) is 25.2 Å². The molecule has 0 aromatic rings. The van der Waals surface area contributed by atoms with Crippen LogP contribution in [0, 0.1) is 5.92 Å². The summed E-state index contributed by atoms with van der Waals surface area (Å²) in [6.07, 6.45) is 5.18. The zero-order valence-electron chi connectivity index (χ0n) is 10.8. The summed E-state index contributed by atoms with van der Waals surface area (Å²) in [6.45, 7) is 6.79. The molecule has 0 saturated heterocycles. The topological polar surface area (TPSA) is 37.4 Å². The van der Waals surface area contributed by atoms with Crippen LogP contribution in [-0.4, -0.2) is 31.1 Å². The number of sulfonamides is 1. The lowest BCUT2D eigenvalue weighted by Crippen LogP contribution is -2.42. The first-order valence-electron chi connectivity index (χ1n) is 6.47. The van der Waals surface area contributed by atoms with E-state index < -0.39 is 10.0 Å². The lowest BCUT2D eigenvalue weighted by atomic mass is 10.2. The van der Waals surface area contributed by atoms with Crippen molar-refractivity contribution in [2.45, 2.75) is 58.9 Å². The van der Waals surface area contributed by atoms with Crippen molar-refractivity contribution >= 4 is 10.0 Å². The van der Waals surface area contributed by atoms with Gasteiger partial charge in [0.05, 0.1) is 5.75 Å². The van der Waals surface area contributed by atoms with Gasteiger partial charge >= 0.3 is 0 Å². The average Bonchev–Trinajstić information content (AvgIpc) is 2.66. The van der Waals surface area contributed by atoms with Crippen LogP contribution in [0.1, 0.15) is 52.9 Å². The van der Waals surface area contributed by atoms with Crippen LogP contribution in [0.3, 0.4) is 0 Å². The molecule has 0 atom stereocenters. The molecule has 1 aliphatic rings. The fourth-order valence-corrected chi connectivity index (χ4v) is 4.36. The highest BCUT2D eigenvalue weighted by atomic mass is 32.2. The van der Waals surface area contributed by atoms with Crippen LogP contribution in [0.4, 0.5) is 0 Å². The summed E-state index contributed by atoms with van der Waals surface area (Å²) in [6, 6.07) is 0.277. The molecule has 16 heavy (non-hydrogen) atoms. The van der Waals surface area contributed by atoms with Crippen molar-refractivity contribution in [1.82, 2.24) is 4.31 Å². The van der Waals surface area contributed by atoms with Crippen molar-refractivity contribution in [2.24, 2.45) is 5.92 Å². The van der Waals surface area contributed by atoms with E-state index in [4.69, 9.17) is 0 Å². The predicted molar refractivity (Wildman–Crippen MR) is 67.9 cm³/mol. The van der Waals surface area contributed by atoms with Crippen LogP contribution in [0.2, 0.25) is 0 Å². The Balaban J connectivity index is 2.77. The molecular formula is C12H25NO2S. The molecule has 0 aromatic carbocycles. The molecule has 0 bridgehead atoms. The summed E-state index contributed by atoms with van der Waals surface area (Å²) in [5.74, 6) is 0.711. The molecule has 0 aromatic heterocycles. The van der Waals surface area contributed by atoms with Gasteiger partial charge in [0.1, 0.15) is 0 Å². The normalized spacial score (nSPS) is 18.8. The van der Waals surface area contributed by atoms with Gasteiger partial charge in [-0.15, -0.1) is 0 Å². The Morgan fingerprint density at radius 3 is 2.25 bits per heavy atom. The van der Waals surface area contributed by atoms with Gasteiger partial charge in [0.15, 0.2) is 0 Å². The fourth-order valence-electron chi connectivity index (χ4n) is 2.42. The van der Waals surface area contributed by atoms with Gasteiger partial charge in [-0.3, -0.25) is 0 Å². The molecule has 0 heterocycles. The molecule has 0 unspecified atom stereocenters. The zero-order valence-corrected chi connectivity index (χ0v) is 11.6. The van der Waals surface area contributed by atoms with E-state index in [-0.39, 0.29) is 6.04 Å². The molecular weight excluding hydrogens is 222 g/mol. The number of hydrogen-bond donors (Lipinski definition) is 0. The predicted octanol–water partition coefficient (Wildman–Crippen LogP) is 2.63. The third kappa shape index (κ3) is 3.74. The maximum absolute atomic E-state index is 12.2. The zero-order chi connectivity index (χ0) is 12.2. The first kappa shape index (κ1) is 14.0. The minimum Gasteiger partial charge on any atom is -0.212 e. The van der Waals surface area contributed by atoms with Crippen molar-refractivity contribution in [3.8, 4) is 0 Å². The third-order valence-corrected chi connectivity index (χ3v) is 5.18. The van der Waals surface area contributed by atoms with E-state index in [2.05, 4.69) is 13.8 Å². The molecule has 0 amide bonds. The van der Waals surface area contributed by atoms with E-state index in [9.17, 15) is 8.42 Å². The lowest BCUT2D eigenvalue weighted by Gasteiger charge is -2.29. The lowest BCUT2D eigenvalue weighted by molar-refractivity contribution is 0.292. The Kier molecular flexibility index (Phi) is 5.25. The maximum atomic E-state index is 12.2. The van der Waals surface area contributed by atoms with Crippen molar-refractivity contribution in [3.63, 3.8) is 0 Å². The number of nitrogens with zero attached hydrogens (tertiary/aromatic N) is 1. The van der Waals surface area contributed by atoms with Crippen LogP contribution in [0.15, 0.2) is 0 Å². The van der Waals surface area contributed by atoms with Crippen molar-refractivity contribution in [3.05, 3.63) is 0 Å².